The highest BCUT2D eigenvalue weighted by Crippen LogP contribution is 2.41. The summed E-state index contributed by atoms with van der Waals surface area (Å²) in [5.41, 5.74) is 3.04. The van der Waals surface area contributed by atoms with Gasteiger partial charge in [-0.15, -0.1) is 11.8 Å². The van der Waals surface area contributed by atoms with E-state index in [4.69, 9.17) is 11.6 Å². The van der Waals surface area contributed by atoms with Crippen LogP contribution in [0.1, 0.15) is 5.56 Å². The lowest BCUT2D eigenvalue weighted by Crippen LogP contribution is -2.00. The SMILES string of the molecule is Oc1cc(O)c(-c2ccnn2-c2ccccc2Cl)cc1SCc1ccncc1. The second-order valence-corrected chi connectivity index (χ2v) is 7.49. The van der Waals surface area contributed by atoms with Gasteiger partial charge in [0.1, 0.15) is 11.5 Å². The standard InChI is InChI=1S/C21H16ClN3O2S/c22-16-3-1-2-4-18(16)25-17(7-10-24-25)15-11-21(20(27)12-19(15)26)28-13-14-5-8-23-9-6-14/h1-12,26-27H,13H2. The van der Waals surface area contributed by atoms with Crippen molar-refractivity contribution < 1.29 is 10.2 Å². The van der Waals surface area contributed by atoms with Crippen LogP contribution in [0.3, 0.4) is 0 Å². The predicted octanol–water partition coefficient (Wildman–Crippen LogP) is 5.29. The van der Waals surface area contributed by atoms with Crippen molar-refractivity contribution in [1.82, 2.24) is 14.8 Å². The first kappa shape index (κ1) is 18.4. The van der Waals surface area contributed by atoms with Crippen LogP contribution in [0.4, 0.5) is 0 Å². The highest BCUT2D eigenvalue weighted by molar-refractivity contribution is 7.98. The van der Waals surface area contributed by atoms with E-state index in [1.165, 1.54) is 17.8 Å². The lowest BCUT2D eigenvalue weighted by atomic mass is 10.1. The number of nitrogens with zero attached hydrogens (tertiary/aromatic N) is 3. The molecule has 0 spiro atoms. The summed E-state index contributed by atoms with van der Waals surface area (Å²) < 4.78 is 1.67. The average Bonchev–Trinajstić information content (AvgIpc) is 3.18. The van der Waals surface area contributed by atoms with Crippen molar-refractivity contribution in [3.05, 3.63) is 83.8 Å². The summed E-state index contributed by atoms with van der Waals surface area (Å²) in [7, 11) is 0. The zero-order valence-electron chi connectivity index (χ0n) is 14.7. The molecule has 0 aliphatic carbocycles. The van der Waals surface area contributed by atoms with E-state index in [1.807, 2.05) is 30.3 Å². The maximum Gasteiger partial charge on any atom is 0.132 e. The first-order valence-corrected chi connectivity index (χ1v) is 9.87. The van der Waals surface area contributed by atoms with Gasteiger partial charge in [0, 0.05) is 29.8 Å². The Morgan fingerprint density at radius 3 is 2.50 bits per heavy atom. The van der Waals surface area contributed by atoms with E-state index in [2.05, 4.69) is 10.1 Å². The van der Waals surface area contributed by atoms with Crippen LogP contribution < -0.4 is 0 Å². The lowest BCUT2D eigenvalue weighted by Gasteiger charge is -2.13. The van der Waals surface area contributed by atoms with Gasteiger partial charge in [0.15, 0.2) is 0 Å². The molecule has 0 saturated carbocycles. The minimum atomic E-state index is -0.0282. The van der Waals surface area contributed by atoms with Gasteiger partial charge in [-0.25, -0.2) is 4.68 Å². The van der Waals surface area contributed by atoms with E-state index in [1.54, 1.807) is 41.5 Å². The molecule has 28 heavy (non-hydrogen) atoms. The first-order valence-electron chi connectivity index (χ1n) is 8.50. The van der Waals surface area contributed by atoms with Gasteiger partial charge in [-0.1, -0.05) is 23.7 Å². The number of phenolic OH excluding ortho intramolecular Hbond substituents is 2. The Morgan fingerprint density at radius 2 is 1.71 bits per heavy atom. The normalized spacial score (nSPS) is 10.9. The topological polar surface area (TPSA) is 71.2 Å². The van der Waals surface area contributed by atoms with Crippen LogP contribution in [-0.2, 0) is 5.75 Å². The summed E-state index contributed by atoms with van der Waals surface area (Å²) in [6.07, 6.45) is 5.12. The fraction of sp³-hybridized carbons (Fsp3) is 0.0476. The predicted molar refractivity (Wildman–Crippen MR) is 111 cm³/mol. The van der Waals surface area contributed by atoms with E-state index in [0.29, 0.717) is 32.6 Å². The summed E-state index contributed by atoms with van der Waals surface area (Å²) >= 11 is 7.80. The molecule has 0 saturated heterocycles. The summed E-state index contributed by atoms with van der Waals surface area (Å²) in [4.78, 5) is 4.67. The highest BCUT2D eigenvalue weighted by atomic mass is 35.5. The number of para-hydroxylation sites is 1. The van der Waals surface area contributed by atoms with Crippen molar-refractivity contribution in [1.29, 1.82) is 0 Å². The number of phenols is 2. The molecule has 0 amide bonds. The van der Waals surface area contributed by atoms with E-state index in [0.717, 1.165) is 5.56 Å². The number of hydrogen-bond donors (Lipinski definition) is 2. The van der Waals surface area contributed by atoms with Crippen LogP contribution in [-0.4, -0.2) is 25.0 Å². The molecule has 2 aromatic carbocycles. The molecule has 0 atom stereocenters. The number of benzene rings is 2. The Morgan fingerprint density at radius 1 is 0.929 bits per heavy atom. The minimum Gasteiger partial charge on any atom is -0.507 e. The number of aromatic hydroxyl groups is 2. The van der Waals surface area contributed by atoms with Crippen LogP contribution >= 0.6 is 23.4 Å². The van der Waals surface area contributed by atoms with Gasteiger partial charge in [-0.2, -0.15) is 5.10 Å². The molecule has 0 radical (unpaired) electrons. The third-order valence-electron chi connectivity index (χ3n) is 4.22. The van der Waals surface area contributed by atoms with Crippen molar-refractivity contribution in [2.24, 2.45) is 0 Å². The van der Waals surface area contributed by atoms with E-state index in [9.17, 15) is 10.2 Å². The third-order valence-corrected chi connectivity index (χ3v) is 5.66. The number of thioether (sulfide) groups is 1. The first-order chi connectivity index (χ1) is 13.6. The quantitative estimate of drug-likeness (QED) is 0.438. The molecule has 0 aliphatic rings. The Kier molecular flexibility index (Phi) is 5.23. The number of halogens is 1. The van der Waals surface area contributed by atoms with Crippen LogP contribution in [0, 0.1) is 0 Å². The van der Waals surface area contributed by atoms with Gasteiger partial charge in [-0.05, 0) is 42.0 Å². The van der Waals surface area contributed by atoms with Crippen molar-refractivity contribution in [3.63, 3.8) is 0 Å². The fourth-order valence-electron chi connectivity index (χ4n) is 2.84. The van der Waals surface area contributed by atoms with Crippen molar-refractivity contribution in [2.75, 3.05) is 0 Å². The molecule has 0 aliphatic heterocycles. The molecular weight excluding hydrogens is 394 g/mol. The number of pyridine rings is 1. The van der Waals surface area contributed by atoms with Crippen LogP contribution in [0.25, 0.3) is 16.9 Å². The number of hydrogen-bond acceptors (Lipinski definition) is 5. The Balaban J connectivity index is 1.71. The lowest BCUT2D eigenvalue weighted by molar-refractivity contribution is 0.443. The summed E-state index contributed by atoms with van der Waals surface area (Å²) in [5, 5.41) is 25.7. The summed E-state index contributed by atoms with van der Waals surface area (Å²) in [6.45, 7) is 0. The fourth-order valence-corrected chi connectivity index (χ4v) is 3.98. The molecule has 4 rings (SSSR count). The number of rotatable bonds is 5. The van der Waals surface area contributed by atoms with Crippen LogP contribution in [0.15, 0.2) is 78.1 Å². The molecule has 7 heteroatoms. The molecule has 140 valence electrons. The molecule has 5 nitrogen and oxygen atoms in total. The third kappa shape index (κ3) is 3.69. The molecular formula is C21H16ClN3O2S. The zero-order chi connectivity index (χ0) is 19.5. The van der Waals surface area contributed by atoms with Crippen molar-refractivity contribution in [2.45, 2.75) is 10.6 Å². The molecule has 2 aromatic heterocycles. The van der Waals surface area contributed by atoms with Crippen molar-refractivity contribution >= 4 is 23.4 Å². The van der Waals surface area contributed by atoms with Crippen LogP contribution in [0.2, 0.25) is 5.02 Å². The summed E-state index contributed by atoms with van der Waals surface area (Å²) in [6, 6.07) is 16.1. The van der Waals surface area contributed by atoms with Gasteiger partial charge >= 0.3 is 0 Å². The molecule has 2 N–H and O–H groups in total. The van der Waals surface area contributed by atoms with Crippen molar-refractivity contribution in [3.8, 4) is 28.4 Å². The maximum absolute atomic E-state index is 10.5. The van der Waals surface area contributed by atoms with E-state index in [-0.39, 0.29) is 11.5 Å². The molecule has 0 bridgehead atoms. The second-order valence-electron chi connectivity index (χ2n) is 6.06. The van der Waals surface area contributed by atoms with Gasteiger partial charge in [0.05, 0.1) is 27.5 Å². The van der Waals surface area contributed by atoms with E-state index >= 15 is 0 Å². The van der Waals surface area contributed by atoms with E-state index < -0.39 is 0 Å². The number of aromatic nitrogens is 3. The van der Waals surface area contributed by atoms with Crippen LogP contribution in [0.5, 0.6) is 11.5 Å². The minimum absolute atomic E-state index is 0.0282. The van der Waals surface area contributed by atoms with Gasteiger partial charge < -0.3 is 10.2 Å². The molecule has 0 unspecified atom stereocenters. The highest BCUT2D eigenvalue weighted by Gasteiger charge is 2.16. The Labute approximate surface area is 171 Å². The monoisotopic (exact) mass is 409 g/mol. The van der Waals surface area contributed by atoms with Gasteiger partial charge in [0.25, 0.3) is 0 Å². The van der Waals surface area contributed by atoms with Gasteiger partial charge in [-0.3, -0.25) is 4.98 Å². The molecule has 4 aromatic rings. The zero-order valence-corrected chi connectivity index (χ0v) is 16.2. The second kappa shape index (κ2) is 7.96. The smallest absolute Gasteiger partial charge is 0.132 e. The molecule has 2 heterocycles. The average molecular weight is 410 g/mol. The van der Waals surface area contributed by atoms with Gasteiger partial charge in [0.2, 0.25) is 0 Å². The Bertz CT molecular complexity index is 1120. The Hall–Kier alpha value is -2.96. The molecule has 0 fully saturated rings. The maximum atomic E-state index is 10.5. The largest absolute Gasteiger partial charge is 0.507 e. The summed E-state index contributed by atoms with van der Waals surface area (Å²) in [5.74, 6) is 0.674.